The number of fused-ring (bicyclic) bond motifs is 5. The zero-order chi connectivity index (χ0) is 32.3. The van der Waals surface area contributed by atoms with E-state index in [-0.39, 0.29) is 20.1 Å². The summed E-state index contributed by atoms with van der Waals surface area (Å²) in [4.78, 5) is 9.01. The molecule has 0 amide bonds. The molecular formula is C42H38IrN2-2. The Morgan fingerprint density at radius 3 is 2.09 bits per heavy atom. The van der Waals surface area contributed by atoms with Crippen molar-refractivity contribution in [1.82, 2.24) is 9.97 Å². The van der Waals surface area contributed by atoms with Crippen molar-refractivity contribution in [3.8, 4) is 22.5 Å². The predicted octanol–water partition coefficient (Wildman–Crippen LogP) is 11.0. The third-order valence-corrected chi connectivity index (χ3v) is 7.66. The van der Waals surface area contributed by atoms with Gasteiger partial charge in [-0.3, -0.25) is 0 Å². The van der Waals surface area contributed by atoms with Crippen LogP contribution in [0.25, 0.3) is 54.8 Å². The Balaban J connectivity index is 0.000000280. The molecule has 5 aromatic carbocycles. The number of rotatable bonds is 6. The van der Waals surface area contributed by atoms with Gasteiger partial charge in [-0.05, 0) is 80.5 Å². The Morgan fingerprint density at radius 1 is 0.622 bits per heavy atom. The summed E-state index contributed by atoms with van der Waals surface area (Å²) in [6.45, 7) is 7.72. The van der Waals surface area contributed by atoms with Crippen LogP contribution >= 0.6 is 0 Å². The molecule has 0 atom stereocenters. The van der Waals surface area contributed by atoms with Gasteiger partial charge in [0.1, 0.15) is 0 Å². The quantitative estimate of drug-likeness (QED) is 0.124. The second kappa shape index (κ2) is 14.7. The average Bonchev–Trinajstić information content (AvgIpc) is 3.03. The van der Waals surface area contributed by atoms with E-state index in [0.29, 0.717) is 12.8 Å². The van der Waals surface area contributed by atoms with Crippen LogP contribution in [0, 0.1) is 23.9 Å². The van der Waals surface area contributed by atoms with Crippen LogP contribution in [0.1, 0.15) is 41.6 Å². The third kappa shape index (κ3) is 7.56. The van der Waals surface area contributed by atoms with Gasteiger partial charge in [0.2, 0.25) is 0 Å². The van der Waals surface area contributed by atoms with E-state index in [1.807, 2.05) is 76.4 Å². The maximum Gasteiger partial charge on any atom is 0.0300 e. The van der Waals surface area contributed by atoms with Crippen molar-refractivity contribution in [2.24, 2.45) is 11.8 Å². The number of benzene rings is 5. The molecule has 1 radical (unpaired) electrons. The average molecular weight is 765 g/mol. The molecule has 2 nitrogen and oxygen atoms in total. The van der Waals surface area contributed by atoms with Crippen LogP contribution < -0.4 is 0 Å². The van der Waals surface area contributed by atoms with Crippen molar-refractivity contribution in [3.63, 3.8) is 0 Å². The van der Waals surface area contributed by atoms with Gasteiger partial charge in [0, 0.05) is 35.2 Å². The fourth-order valence-corrected chi connectivity index (χ4v) is 5.85. The maximum atomic E-state index is 8.42. The molecule has 0 fully saturated rings. The molecule has 0 aliphatic carbocycles. The van der Waals surface area contributed by atoms with Gasteiger partial charge in [-0.1, -0.05) is 88.4 Å². The normalized spacial score (nSPS) is 12.2. The van der Waals surface area contributed by atoms with Crippen molar-refractivity contribution in [3.05, 3.63) is 145 Å². The van der Waals surface area contributed by atoms with Crippen LogP contribution in [-0.4, -0.2) is 9.97 Å². The van der Waals surface area contributed by atoms with Crippen molar-refractivity contribution in [2.45, 2.75) is 40.5 Å². The molecule has 227 valence electrons. The van der Waals surface area contributed by atoms with Gasteiger partial charge >= 0.3 is 0 Å². The molecule has 0 bridgehead atoms. The predicted molar refractivity (Wildman–Crippen MR) is 187 cm³/mol. The Hall–Kier alpha value is -4.17. The Bertz CT molecular complexity index is 2040. The van der Waals surface area contributed by atoms with Gasteiger partial charge in [0.05, 0.1) is 0 Å². The SMILES string of the molecule is [2H]C(C)(C)Cc1[c-]c(-c2nccc3c2ccc2c4ccccc4ccc32)cc(CC([2H])(C)C)c1.[Ir].[c-]1ccccc1-c1ccccn1. The van der Waals surface area contributed by atoms with Crippen LogP contribution in [0.3, 0.4) is 0 Å². The molecular weight excluding hydrogens is 725 g/mol. The number of hydrogen-bond acceptors (Lipinski definition) is 2. The summed E-state index contributed by atoms with van der Waals surface area (Å²) >= 11 is 0. The van der Waals surface area contributed by atoms with E-state index < -0.39 is 11.8 Å². The first kappa shape index (κ1) is 29.5. The fourth-order valence-electron chi connectivity index (χ4n) is 5.85. The molecule has 0 unspecified atom stereocenters. The Labute approximate surface area is 283 Å². The Kier molecular flexibility index (Phi) is 9.67. The van der Waals surface area contributed by atoms with E-state index >= 15 is 0 Å². The van der Waals surface area contributed by atoms with Crippen LogP contribution in [-0.2, 0) is 32.9 Å². The number of hydrogen-bond donors (Lipinski definition) is 0. The second-order valence-electron chi connectivity index (χ2n) is 11.9. The van der Waals surface area contributed by atoms with Gasteiger partial charge in [-0.2, -0.15) is 0 Å². The third-order valence-electron chi connectivity index (χ3n) is 7.66. The summed E-state index contributed by atoms with van der Waals surface area (Å²) in [7, 11) is 0. The van der Waals surface area contributed by atoms with Crippen LogP contribution in [0.15, 0.2) is 122 Å². The zero-order valence-electron chi connectivity index (χ0n) is 28.2. The minimum Gasteiger partial charge on any atom is -0.305 e. The molecule has 0 saturated carbocycles. The summed E-state index contributed by atoms with van der Waals surface area (Å²) in [6, 6.07) is 44.0. The van der Waals surface area contributed by atoms with Gasteiger partial charge in [-0.25, -0.2) is 0 Å². The maximum absolute atomic E-state index is 8.42. The molecule has 7 aromatic rings. The summed E-state index contributed by atoms with van der Waals surface area (Å²) in [6.07, 6.45) is 4.91. The van der Waals surface area contributed by atoms with Crippen LogP contribution in [0.4, 0.5) is 0 Å². The first-order valence-electron chi connectivity index (χ1n) is 16.2. The van der Waals surface area contributed by atoms with E-state index in [2.05, 4.69) is 83.8 Å². The molecule has 0 aliphatic heterocycles. The minimum atomic E-state index is -0.591. The monoisotopic (exact) mass is 765 g/mol. The van der Waals surface area contributed by atoms with E-state index in [4.69, 9.17) is 7.73 Å². The molecule has 0 aliphatic rings. The smallest absolute Gasteiger partial charge is 0.0300 e. The first-order valence-corrected chi connectivity index (χ1v) is 15.2. The zero-order valence-corrected chi connectivity index (χ0v) is 28.6. The molecule has 45 heavy (non-hydrogen) atoms. The standard InChI is InChI=1S/C31H30N.C11H8N.Ir/c1-20(2)15-22-17-23(16-21(3)4)19-25(18-22)31-30-12-11-27-26-8-6-5-7-24(26)9-10-28(27)29(30)13-14-32-31;1-2-6-10(7-3-1)11-8-4-5-9-12-11;/h5-14,17-18,20-21H,15-16H2,1-4H3;1-6,8-9H;/q2*-1;/i20D,21D;;. The molecule has 0 N–H and O–H groups in total. The molecule has 2 aromatic heterocycles. The van der Waals surface area contributed by atoms with E-state index in [1.165, 1.54) is 26.9 Å². The molecule has 2 heterocycles. The summed E-state index contributed by atoms with van der Waals surface area (Å²) < 4.78 is 16.8. The Morgan fingerprint density at radius 2 is 1.33 bits per heavy atom. The van der Waals surface area contributed by atoms with Crippen LogP contribution in [0.2, 0.25) is 0 Å². The number of pyridine rings is 2. The van der Waals surface area contributed by atoms with Gasteiger partial charge in [0.15, 0.2) is 0 Å². The molecule has 3 heteroatoms. The van der Waals surface area contributed by atoms with Crippen molar-refractivity contribution < 1.29 is 22.8 Å². The summed E-state index contributed by atoms with van der Waals surface area (Å²) in [5.74, 6) is -1.16. The first-order chi connectivity index (χ1) is 22.0. The van der Waals surface area contributed by atoms with E-state index in [1.54, 1.807) is 6.20 Å². The van der Waals surface area contributed by atoms with E-state index in [0.717, 1.165) is 39.0 Å². The van der Waals surface area contributed by atoms with Crippen molar-refractivity contribution in [2.75, 3.05) is 0 Å². The van der Waals surface area contributed by atoms with Gasteiger partial charge < -0.3 is 9.97 Å². The van der Waals surface area contributed by atoms with Gasteiger partial charge in [0.25, 0.3) is 0 Å². The van der Waals surface area contributed by atoms with Gasteiger partial charge in [-0.15, -0.1) is 70.8 Å². The summed E-state index contributed by atoms with van der Waals surface area (Å²) in [5.41, 5.74) is 5.95. The molecule has 0 spiro atoms. The van der Waals surface area contributed by atoms with E-state index in [9.17, 15) is 0 Å². The van der Waals surface area contributed by atoms with Crippen LogP contribution in [0.5, 0.6) is 0 Å². The number of nitrogens with zero attached hydrogens (tertiary/aromatic N) is 2. The van der Waals surface area contributed by atoms with Crippen molar-refractivity contribution in [1.29, 1.82) is 0 Å². The van der Waals surface area contributed by atoms with Crippen molar-refractivity contribution >= 4 is 32.3 Å². The fraction of sp³-hybridized carbons (Fsp3) is 0.190. The minimum absolute atomic E-state index is 0. The topological polar surface area (TPSA) is 25.8 Å². The second-order valence-corrected chi connectivity index (χ2v) is 11.9. The number of aromatic nitrogens is 2. The molecule has 7 rings (SSSR count). The molecule has 0 saturated heterocycles. The summed E-state index contributed by atoms with van der Waals surface area (Å²) in [5, 5.41) is 7.23. The largest absolute Gasteiger partial charge is 0.305 e.